The molecule has 0 atom stereocenters. The van der Waals surface area contributed by atoms with Crippen molar-refractivity contribution in [3.05, 3.63) is 99.0 Å². The highest BCUT2D eigenvalue weighted by Crippen LogP contribution is 2.22. The van der Waals surface area contributed by atoms with Crippen molar-refractivity contribution in [3.63, 3.8) is 0 Å². The highest BCUT2D eigenvalue weighted by atomic mass is 32.1. The fourth-order valence-electron chi connectivity index (χ4n) is 3.04. The number of hydrogen-bond acceptors (Lipinski definition) is 5. The Bertz CT molecular complexity index is 1330. The van der Waals surface area contributed by atoms with Crippen LogP contribution in [0.2, 0.25) is 0 Å². The number of aryl methyl sites for hydroxylation is 1. The number of benzene rings is 2. The van der Waals surface area contributed by atoms with E-state index < -0.39 is 0 Å². The summed E-state index contributed by atoms with van der Waals surface area (Å²) in [6.45, 7) is 6.34. The van der Waals surface area contributed by atoms with Crippen molar-refractivity contribution in [3.8, 4) is 11.3 Å². The average Bonchev–Trinajstić information content (AvgIpc) is 3.11. The number of hydrogen-bond donors (Lipinski definition) is 0. The van der Waals surface area contributed by atoms with Gasteiger partial charge in [-0.3, -0.25) is 0 Å². The second kappa shape index (κ2) is 8.24. The van der Waals surface area contributed by atoms with Gasteiger partial charge in [0, 0.05) is 17.3 Å². The fraction of sp³-hybridized carbons (Fsp3) is 0.0870. The van der Waals surface area contributed by atoms with E-state index in [0.29, 0.717) is 22.5 Å². The third-order valence-corrected chi connectivity index (χ3v) is 5.28. The molecule has 2 aromatic carbocycles. The second-order valence-corrected chi connectivity index (χ2v) is 7.38. The van der Waals surface area contributed by atoms with E-state index in [1.54, 1.807) is 12.3 Å². The molecule has 0 aliphatic heterocycles. The third-order valence-electron chi connectivity index (χ3n) is 4.42. The highest BCUT2D eigenvalue weighted by molar-refractivity contribution is 7.07. The maximum absolute atomic E-state index is 12.6. The number of nitrogens with zero attached hydrogens (tertiary/aromatic N) is 3. The molecular formula is C23H19N3O2S. The van der Waals surface area contributed by atoms with Crippen LogP contribution < -0.4 is 10.4 Å². The summed E-state index contributed by atoms with van der Waals surface area (Å²) in [5.74, 6) is 0. The van der Waals surface area contributed by atoms with Crippen molar-refractivity contribution in [2.24, 2.45) is 10.2 Å². The summed E-state index contributed by atoms with van der Waals surface area (Å²) in [5.41, 5.74) is 3.50. The van der Waals surface area contributed by atoms with Crippen molar-refractivity contribution in [1.29, 1.82) is 0 Å². The zero-order valence-corrected chi connectivity index (χ0v) is 16.7. The SMILES string of the molecule is C=CCn1c(-c2cc3cc(C)ccc3oc2=O)cs/c1=N/N=Cc1ccccc1. The number of rotatable bonds is 5. The monoisotopic (exact) mass is 401 g/mol. The largest absolute Gasteiger partial charge is 0.422 e. The molecule has 0 radical (unpaired) electrons. The quantitative estimate of drug-likeness (QED) is 0.210. The van der Waals surface area contributed by atoms with Crippen LogP contribution in [0.25, 0.3) is 22.2 Å². The van der Waals surface area contributed by atoms with E-state index in [9.17, 15) is 4.79 Å². The molecule has 0 fully saturated rings. The van der Waals surface area contributed by atoms with Gasteiger partial charge >= 0.3 is 5.63 Å². The molecule has 0 saturated heterocycles. The highest BCUT2D eigenvalue weighted by Gasteiger charge is 2.13. The van der Waals surface area contributed by atoms with E-state index in [0.717, 1.165) is 22.2 Å². The summed E-state index contributed by atoms with van der Waals surface area (Å²) >= 11 is 1.42. The van der Waals surface area contributed by atoms with Crippen LogP contribution in [-0.4, -0.2) is 10.8 Å². The van der Waals surface area contributed by atoms with E-state index in [-0.39, 0.29) is 5.63 Å². The Morgan fingerprint density at radius 2 is 2.00 bits per heavy atom. The molecule has 6 heteroatoms. The zero-order valence-electron chi connectivity index (χ0n) is 15.9. The maximum Gasteiger partial charge on any atom is 0.345 e. The zero-order chi connectivity index (χ0) is 20.2. The lowest BCUT2D eigenvalue weighted by atomic mass is 10.1. The molecule has 0 N–H and O–H groups in total. The van der Waals surface area contributed by atoms with Gasteiger partial charge < -0.3 is 8.98 Å². The number of aromatic nitrogens is 1. The predicted octanol–water partition coefficient (Wildman–Crippen LogP) is 4.75. The van der Waals surface area contributed by atoms with Crippen molar-refractivity contribution in [2.45, 2.75) is 13.5 Å². The van der Waals surface area contributed by atoms with Gasteiger partial charge in [-0.05, 0) is 30.7 Å². The summed E-state index contributed by atoms with van der Waals surface area (Å²) in [7, 11) is 0. The van der Waals surface area contributed by atoms with Crippen LogP contribution in [0.4, 0.5) is 0 Å². The molecule has 0 unspecified atom stereocenters. The molecular weight excluding hydrogens is 382 g/mol. The molecule has 2 heterocycles. The smallest absolute Gasteiger partial charge is 0.345 e. The molecule has 29 heavy (non-hydrogen) atoms. The van der Waals surface area contributed by atoms with Crippen molar-refractivity contribution < 1.29 is 4.42 Å². The molecule has 144 valence electrons. The van der Waals surface area contributed by atoms with Gasteiger partial charge in [-0.2, -0.15) is 5.10 Å². The normalized spacial score (nSPS) is 12.1. The van der Waals surface area contributed by atoms with Crippen LogP contribution >= 0.6 is 11.3 Å². The first-order chi connectivity index (χ1) is 14.2. The molecule has 0 aliphatic carbocycles. The Balaban J connectivity index is 1.81. The maximum atomic E-state index is 12.6. The van der Waals surface area contributed by atoms with Crippen LogP contribution in [-0.2, 0) is 6.54 Å². The Morgan fingerprint density at radius 1 is 1.17 bits per heavy atom. The number of fused-ring (bicyclic) bond motifs is 1. The van der Waals surface area contributed by atoms with Gasteiger partial charge in [0.1, 0.15) is 5.58 Å². The summed E-state index contributed by atoms with van der Waals surface area (Å²) in [6.07, 6.45) is 3.47. The van der Waals surface area contributed by atoms with Gasteiger partial charge in [-0.25, -0.2) is 4.79 Å². The van der Waals surface area contributed by atoms with Crippen molar-refractivity contribution in [1.82, 2.24) is 4.57 Å². The minimum Gasteiger partial charge on any atom is -0.422 e. The van der Waals surface area contributed by atoms with Gasteiger partial charge in [0.15, 0.2) is 0 Å². The lowest BCUT2D eigenvalue weighted by Crippen LogP contribution is -2.17. The van der Waals surface area contributed by atoms with Gasteiger partial charge in [-0.15, -0.1) is 23.0 Å². The van der Waals surface area contributed by atoms with Crippen LogP contribution in [0.1, 0.15) is 11.1 Å². The molecule has 0 bridgehead atoms. The fourth-order valence-corrected chi connectivity index (χ4v) is 3.90. The Morgan fingerprint density at radius 3 is 2.79 bits per heavy atom. The minimum absolute atomic E-state index is 0.378. The predicted molar refractivity (Wildman–Crippen MR) is 118 cm³/mol. The van der Waals surface area contributed by atoms with E-state index in [1.807, 2.05) is 71.5 Å². The first kappa shape index (κ1) is 18.8. The molecule has 0 spiro atoms. The molecule has 0 aliphatic rings. The van der Waals surface area contributed by atoms with E-state index in [2.05, 4.69) is 16.8 Å². The Kier molecular flexibility index (Phi) is 5.35. The minimum atomic E-state index is -0.378. The summed E-state index contributed by atoms with van der Waals surface area (Å²) in [5, 5.41) is 11.3. The van der Waals surface area contributed by atoms with Crippen LogP contribution in [0.15, 0.2) is 92.0 Å². The molecule has 0 amide bonds. The van der Waals surface area contributed by atoms with Gasteiger partial charge in [-0.1, -0.05) is 48.0 Å². The average molecular weight is 401 g/mol. The lowest BCUT2D eigenvalue weighted by Gasteiger charge is -2.06. The van der Waals surface area contributed by atoms with Gasteiger partial charge in [0.05, 0.1) is 17.5 Å². The molecule has 4 aromatic rings. The van der Waals surface area contributed by atoms with Crippen LogP contribution in [0.5, 0.6) is 0 Å². The standard InChI is InChI=1S/C23H19N3O2S/c1-3-11-26-20(15-29-23(26)25-24-14-17-7-5-4-6-8-17)19-13-18-12-16(2)9-10-21(18)28-22(19)27/h3-10,12-15H,1,11H2,2H3/b24-14?,25-23+. The van der Waals surface area contributed by atoms with E-state index in [4.69, 9.17) is 4.42 Å². The molecule has 0 saturated carbocycles. The Labute approximate surface area is 171 Å². The van der Waals surface area contributed by atoms with Crippen molar-refractivity contribution >= 4 is 28.5 Å². The molecule has 2 aromatic heterocycles. The van der Waals surface area contributed by atoms with Crippen LogP contribution in [0, 0.1) is 6.92 Å². The first-order valence-corrected chi connectivity index (χ1v) is 10.00. The topological polar surface area (TPSA) is 59.9 Å². The number of thiazole rings is 1. The molecule has 4 rings (SSSR count). The second-order valence-electron chi connectivity index (χ2n) is 6.55. The summed E-state index contributed by atoms with van der Waals surface area (Å²) in [6, 6.07) is 17.4. The van der Waals surface area contributed by atoms with Crippen molar-refractivity contribution in [2.75, 3.05) is 0 Å². The summed E-state index contributed by atoms with van der Waals surface area (Å²) < 4.78 is 7.44. The molecule has 5 nitrogen and oxygen atoms in total. The first-order valence-electron chi connectivity index (χ1n) is 9.12. The van der Waals surface area contributed by atoms with E-state index >= 15 is 0 Å². The third kappa shape index (κ3) is 4.02. The number of allylic oxidation sites excluding steroid dienone is 1. The van der Waals surface area contributed by atoms with Gasteiger partial charge in [0.25, 0.3) is 0 Å². The van der Waals surface area contributed by atoms with Gasteiger partial charge in [0.2, 0.25) is 4.80 Å². The van der Waals surface area contributed by atoms with E-state index in [1.165, 1.54) is 11.3 Å². The lowest BCUT2D eigenvalue weighted by molar-refractivity contribution is 0.562. The van der Waals surface area contributed by atoms with Crippen LogP contribution in [0.3, 0.4) is 0 Å². The Hall–Kier alpha value is -3.51. The summed E-state index contributed by atoms with van der Waals surface area (Å²) in [4.78, 5) is 13.3.